The van der Waals surface area contributed by atoms with Crippen molar-refractivity contribution in [3.05, 3.63) is 52.6 Å². The summed E-state index contributed by atoms with van der Waals surface area (Å²) in [6, 6.07) is 3.20. The lowest BCUT2D eigenvalue weighted by molar-refractivity contribution is 0.102. The molecule has 0 bridgehead atoms. The maximum Gasteiger partial charge on any atom is 0.359 e. The highest BCUT2D eigenvalue weighted by Crippen LogP contribution is 2.21. The van der Waals surface area contributed by atoms with Gasteiger partial charge in [0.2, 0.25) is 0 Å². The molecule has 0 saturated carbocycles. The molecule has 6 heteroatoms. The largest absolute Gasteiger partial charge is 0.426 e. The van der Waals surface area contributed by atoms with Gasteiger partial charge in [-0.2, -0.15) is 0 Å². The van der Waals surface area contributed by atoms with Crippen LogP contribution in [-0.2, 0) is 5.41 Å². The lowest BCUT2D eigenvalue weighted by Gasteiger charge is -2.16. The highest BCUT2D eigenvalue weighted by atomic mass is 16.4. The molecule has 2 aromatic heterocycles. The number of carbonyl (C=O) groups is 1. The van der Waals surface area contributed by atoms with Crippen molar-refractivity contribution in [1.29, 1.82) is 0 Å². The molecular weight excluding hydrogens is 258 g/mol. The van der Waals surface area contributed by atoms with E-state index < -0.39 is 11.5 Å². The standard InChI is InChI=1S/C14H15N3O3/c1-14(2,3)11-5-4-9(13(19)20-11)17-12(18)10-8-15-6-7-16-10/h4-8H,1-3H3,(H,17,18). The molecule has 0 radical (unpaired) electrons. The maximum atomic E-state index is 11.9. The Bertz CT molecular complexity index is 672. The van der Waals surface area contributed by atoms with E-state index in [-0.39, 0.29) is 16.8 Å². The van der Waals surface area contributed by atoms with E-state index in [9.17, 15) is 9.59 Å². The van der Waals surface area contributed by atoms with Gasteiger partial charge in [-0.15, -0.1) is 0 Å². The molecule has 6 nitrogen and oxygen atoms in total. The predicted octanol–water partition coefficient (Wildman–Crippen LogP) is 1.98. The Kier molecular flexibility index (Phi) is 3.65. The zero-order valence-corrected chi connectivity index (χ0v) is 11.5. The smallest absolute Gasteiger partial charge is 0.359 e. The Labute approximate surface area is 115 Å². The molecule has 104 valence electrons. The SMILES string of the molecule is CC(C)(C)c1ccc(NC(=O)c2cnccn2)c(=O)o1. The molecule has 0 aliphatic carbocycles. The molecule has 0 saturated heterocycles. The molecule has 0 spiro atoms. The van der Waals surface area contributed by atoms with Crippen molar-refractivity contribution in [2.45, 2.75) is 26.2 Å². The Hall–Kier alpha value is -2.50. The zero-order valence-electron chi connectivity index (χ0n) is 11.5. The quantitative estimate of drug-likeness (QED) is 0.904. The number of nitrogens with one attached hydrogen (secondary N) is 1. The van der Waals surface area contributed by atoms with Crippen molar-refractivity contribution in [3.8, 4) is 0 Å². The Morgan fingerprint density at radius 3 is 2.55 bits per heavy atom. The molecule has 0 fully saturated rings. The van der Waals surface area contributed by atoms with Crippen LogP contribution < -0.4 is 10.9 Å². The topological polar surface area (TPSA) is 85.1 Å². The second-order valence-corrected chi connectivity index (χ2v) is 5.30. The zero-order chi connectivity index (χ0) is 14.8. The van der Waals surface area contributed by atoms with E-state index in [2.05, 4.69) is 15.3 Å². The van der Waals surface area contributed by atoms with Crippen LogP contribution in [0.5, 0.6) is 0 Å². The summed E-state index contributed by atoms with van der Waals surface area (Å²) in [6.45, 7) is 5.80. The average molecular weight is 273 g/mol. The number of aromatic nitrogens is 2. The molecule has 1 N–H and O–H groups in total. The van der Waals surface area contributed by atoms with Crippen molar-refractivity contribution in [2.24, 2.45) is 0 Å². The highest BCUT2D eigenvalue weighted by Gasteiger charge is 2.18. The number of rotatable bonds is 2. The number of hydrogen-bond acceptors (Lipinski definition) is 5. The molecule has 0 aliphatic rings. The monoisotopic (exact) mass is 273 g/mol. The van der Waals surface area contributed by atoms with E-state index in [0.717, 1.165) is 0 Å². The van der Waals surface area contributed by atoms with E-state index in [1.54, 1.807) is 6.07 Å². The van der Waals surface area contributed by atoms with Gasteiger partial charge in [0.05, 0.1) is 6.20 Å². The van der Waals surface area contributed by atoms with Gasteiger partial charge in [0.1, 0.15) is 17.1 Å². The van der Waals surface area contributed by atoms with Gasteiger partial charge >= 0.3 is 5.63 Å². The molecule has 0 aromatic carbocycles. The van der Waals surface area contributed by atoms with Gasteiger partial charge in [-0.1, -0.05) is 20.8 Å². The molecule has 1 amide bonds. The summed E-state index contributed by atoms with van der Waals surface area (Å²) >= 11 is 0. The first kappa shape index (κ1) is 13.9. The number of anilines is 1. The van der Waals surface area contributed by atoms with E-state index >= 15 is 0 Å². The predicted molar refractivity (Wildman–Crippen MR) is 73.7 cm³/mol. The lowest BCUT2D eigenvalue weighted by atomic mass is 9.93. The van der Waals surface area contributed by atoms with E-state index in [4.69, 9.17) is 4.42 Å². The highest BCUT2D eigenvalue weighted by molar-refractivity contribution is 6.02. The molecule has 2 rings (SSSR count). The van der Waals surface area contributed by atoms with Crippen LogP contribution in [0.15, 0.2) is 39.9 Å². The first-order valence-electron chi connectivity index (χ1n) is 6.10. The molecule has 0 atom stereocenters. The summed E-state index contributed by atoms with van der Waals surface area (Å²) in [5, 5.41) is 2.46. The summed E-state index contributed by atoms with van der Waals surface area (Å²) in [5.41, 5.74) is -0.651. The van der Waals surface area contributed by atoms with Gasteiger partial charge in [-0.25, -0.2) is 9.78 Å². The number of amides is 1. The summed E-state index contributed by atoms with van der Waals surface area (Å²) in [4.78, 5) is 31.3. The van der Waals surface area contributed by atoms with Crippen molar-refractivity contribution in [1.82, 2.24) is 9.97 Å². The van der Waals surface area contributed by atoms with Gasteiger partial charge in [-0.3, -0.25) is 9.78 Å². The van der Waals surface area contributed by atoms with Crippen LogP contribution in [0.3, 0.4) is 0 Å². The van der Waals surface area contributed by atoms with Gasteiger partial charge in [0.15, 0.2) is 0 Å². The Morgan fingerprint density at radius 2 is 2.00 bits per heavy atom. The van der Waals surface area contributed by atoms with Gasteiger partial charge in [0.25, 0.3) is 5.91 Å². The summed E-state index contributed by atoms with van der Waals surface area (Å²) < 4.78 is 5.20. The summed E-state index contributed by atoms with van der Waals surface area (Å²) in [6.07, 6.45) is 4.18. The van der Waals surface area contributed by atoms with Gasteiger partial charge in [-0.05, 0) is 12.1 Å². The first-order chi connectivity index (χ1) is 9.38. The van der Waals surface area contributed by atoms with Gasteiger partial charge in [0, 0.05) is 17.8 Å². The van der Waals surface area contributed by atoms with Crippen LogP contribution in [0.2, 0.25) is 0 Å². The van der Waals surface area contributed by atoms with Crippen molar-refractivity contribution >= 4 is 11.6 Å². The average Bonchev–Trinajstić information content (AvgIpc) is 2.41. The van der Waals surface area contributed by atoms with Crippen molar-refractivity contribution < 1.29 is 9.21 Å². The molecular formula is C14H15N3O3. The third-order valence-electron chi connectivity index (χ3n) is 2.61. The van der Waals surface area contributed by atoms with Crippen molar-refractivity contribution in [2.75, 3.05) is 5.32 Å². The summed E-state index contributed by atoms with van der Waals surface area (Å²) in [5.74, 6) is 0.0499. The van der Waals surface area contributed by atoms with Gasteiger partial charge < -0.3 is 9.73 Å². The minimum Gasteiger partial charge on any atom is -0.426 e. The van der Waals surface area contributed by atoms with E-state index in [0.29, 0.717) is 5.76 Å². The van der Waals surface area contributed by atoms with Crippen LogP contribution in [0.25, 0.3) is 0 Å². The summed E-state index contributed by atoms with van der Waals surface area (Å²) in [7, 11) is 0. The van der Waals surface area contributed by atoms with Crippen LogP contribution in [0.4, 0.5) is 5.69 Å². The minimum atomic E-state index is -0.588. The molecule has 2 heterocycles. The number of carbonyl (C=O) groups excluding carboxylic acids is 1. The normalized spacial score (nSPS) is 11.2. The minimum absolute atomic E-state index is 0.0775. The Morgan fingerprint density at radius 1 is 1.25 bits per heavy atom. The molecule has 20 heavy (non-hydrogen) atoms. The maximum absolute atomic E-state index is 11.9. The van der Waals surface area contributed by atoms with Crippen LogP contribution >= 0.6 is 0 Å². The van der Waals surface area contributed by atoms with Crippen LogP contribution in [0.1, 0.15) is 37.0 Å². The van der Waals surface area contributed by atoms with Crippen LogP contribution in [0, 0.1) is 0 Å². The van der Waals surface area contributed by atoms with Crippen molar-refractivity contribution in [3.63, 3.8) is 0 Å². The third-order valence-corrected chi connectivity index (χ3v) is 2.61. The second-order valence-electron chi connectivity index (χ2n) is 5.30. The third kappa shape index (κ3) is 3.09. The number of nitrogens with zero attached hydrogens (tertiary/aromatic N) is 2. The molecule has 0 aliphatic heterocycles. The Balaban J connectivity index is 2.23. The fraction of sp³-hybridized carbons (Fsp3) is 0.286. The molecule has 0 unspecified atom stereocenters. The lowest BCUT2D eigenvalue weighted by Crippen LogP contribution is -2.21. The fourth-order valence-electron chi connectivity index (χ4n) is 1.51. The van der Waals surface area contributed by atoms with E-state index in [1.165, 1.54) is 24.7 Å². The second kappa shape index (κ2) is 5.24. The van der Waals surface area contributed by atoms with E-state index in [1.807, 2.05) is 20.8 Å². The number of hydrogen-bond donors (Lipinski definition) is 1. The fourth-order valence-corrected chi connectivity index (χ4v) is 1.51. The molecule has 2 aromatic rings. The van der Waals surface area contributed by atoms with Crippen LogP contribution in [-0.4, -0.2) is 15.9 Å². The first-order valence-corrected chi connectivity index (χ1v) is 6.10.